The van der Waals surface area contributed by atoms with Crippen molar-refractivity contribution < 1.29 is 23.4 Å². The van der Waals surface area contributed by atoms with Gasteiger partial charge in [0, 0.05) is 30.1 Å². The molecule has 1 amide bonds. The number of aromatic nitrogens is 2. The third-order valence-corrected chi connectivity index (χ3v) is 3.71. The molecule has 0 aromatic carbocycles. The van der Waals surface area contributed by atoms with Gasteiger partial charge in [-0.25, -0.2) is 18.7 Å². The lowest BCUT2D eigenvalue weighted by Gasteiger charge is -2.16. The van der Waals surface area contributed by atoms with Gasteiger partial charge in [0.15, 0.2) is 6.61 Å². The molecule has 0 aliphatic carbocycles. The van der Waals surface area contributed by atoms with Gasteiger partial charge >= 0.3 is 0 Å². The third-order valence-electron chi connectivity index (χ3n) is 3.71. The van der Waals surface area contributed by atoms with Crippen LogP contribution in [0.15, 0.2) is 24.5 Å². The highest BCUT2D eigenvalue weighted by Crippen LogP contribution is 2.29. The van der Waals surface area contributed by atoms with Crippen LogP contribution in [0.3, 0.4) is 0 Å². The van der Waals surface area contributed by atoms with E-state index in [0.29, 0.717) is 16.7 Å². The van der Waals surface area contributed by atoms with Crippen molar-refractivity contribution in [2.24, 2.45) is 0 Å². The van der Waals surface area contributed by atoms with Gasteiger partial charge in [-0.2, -0.15) is 0 Å². The molecule has 2 aromatic rings. The standard InChI is InChI=1S/C16H15F2N3O3/c1-9-4-10(5-20-15(9)24-8-13(17)18)6-21-7-12-11(16(21)23)2-3-19-14(12)22/h2-5,13H,6-8H2,1H3,(H,19,22). The molecule has 3 rings (SSSR count). The highest BCUT2D eigenvalue weighted by molar-refractivity contribution is 5.98. The van der Waals surface area contributed by atoms with Crippen LogP contribution in [0.1, 0.15) is 27.0 Å². The van der Waals surface area contributed by atoms with Gasteiger partial charge in [0.1, 0.15) is 0 Å². The lowest BCUT2D eigenvalue weighted by atomic mass is 10.2. The molecule has 0 saturated heterocycles. The summed E-state index contributed by atoms with van der Waals surface area (Å²) >= 11 is 0. The molecule has 1 aliphatic rings. The predicted molar refractivity (Wildman–Crippen MR) is 80.0 cm³/mol. The molecule has 8 heteroatoms. The van der Waals surface area contributed by atoms with Gasteiger partial charge < -0.3 is 14.7 Å². The first-order valence-electron chi connectivity index (χ1n) is 7.28. The molecule has 2 aromatic heterocycles. The minimum Gasteiger partial charge on any atom is -0.493 e. The van der Waals surface area contributed by atoms with Crippen LogP contribution in [0.2, 0.25) is 0 Å². The van der Waals surface area contributed by atoms with Crippen molar-refractivity contribution in [3.63, 3.8) is 0 Å². The summed E-state index contributed by atoms with van der Waals surface area (Å²) in [6, 6.07) is 3.31. The fourth-order valence-corrected chi connectivity index (χ4v) is 2.62. The summed E-state index contributed by atoms with van der Waals surface area (Å²) in [4.78, 5) is 21.7. The second-order valence-electron chi connectivity index (χ2n) is 5.49. The average molecular weight is 335 g/mol. The maximum Gasteiger partial charge on any atom is 0.272 e. The zero-order chi connectivity index (χ0) is 17.3. The van der Waals surface area contributed by atoms with Crippen molar-refractivity contribution in [2.45, 2.75) is 26.4 Å². The molecule has 6 nitrogen and oxygen atoms in total. The van der Waals surface area contributed by atoms with Crippen molar-refractivity contribution in [1.29, 1.82) is 0 Å². The number of hydrogen-bond donors (Lipinski definition) is 1. The van der Waals surface area contributed by atoms with E-state index < -0.39 is 13.0 Å². The number of amides is 1. The van der Waals surface area contributed by atoms with Crippen LogP contribution >= 0.6 is 0 Å². The summed E-state index contributed by atoms with van der Waals surface area (Å²) in [5, 5.41) is 9.74. The van der Waals surface area contributed by atoms with Crippen LogP contribution < -0.4 is 4.74 Å². The average Bonchev–Trinajstić information content (AvgIpc) is 2.85. The Labute approximate surface area is 136 Å². The Morgan fingerprint density at radius 1 is 1.42 bits per heavy atom. The molecule has 0 bridgehead atoms. The van der Waals surface area contributed by atoms with Crippen molar-refractivity contribution in [3.8, 4) is 11.8 Å². The summed E-state index contributed by atoms with van der Waals surface area (Å²) in [5.74, 6) is -0.191. The minimum absolute atomic E-state index is 0.145. The molecular formula is C16H15F2N3O3. The molecule has 0 atom stereocenters. The van der Waals surface area contributed by atoms with Crippen LogP contribution in [0.5, 0.6) is 11.8 Å². The smallest absolute Gasteiger partial charge is 0.272 e. The van der Waals surface area contributed by atoms with Crippen LogP contribution in [-0.4, -0.2) is 38.9 Å². The first-order chi connectivity index (χ1) is 11.5. The summed E-state index contributed by atoms with van der Waals surface area (Å²) < 4.78 is 29.3. The van der Waals surface area contributed by atoms with E-state index in [1.807, 2.05) is 0 Å². The topological polar surface area (TPSA) is 75.5 Å². The lowest BCUT2D eigenvalue weighted by Crippen LogP contribution is -2.23. The minimum atomic E-state index is -2.56. The Hall–Kier alpha value is -2.77. The monoisotopic (exact) mass is 335 g/mol. The Kier molecular flexibility index (Phi) is 4.28. The number of alkyl halides is 2. The van der Waals surface area contributed by atoms with E-state index in [2.05, 4.69) is 9.97 Å². The van der Waals surface area contributed by atoms with Crippen molar-refractivity contribution >= 4 is 5.91 Å². The Morgan fingerprint density at radius 3 is 2.88 bits per heavy atom. The summed E-state index contributed by atoms with van der Waals surface area (Å²) in [6.07, 6.45) is 0.311. The second kappa shape index (κ2) is 6.38. The van der Waals surface area contributed by atoms with Crippen molar-refractivity contribution in [1.82, 2.24) is 14.9 Å². The van der Waals surface area contributed by atoms with Gasteiger partial charge in [0.2, 0.25) is 11.8 Å². The fraction of sp³-hybridized carbons (Fsp3) is 0.312. The fourth-order valence-electron chi connectivity index (χ4n) is 2.62. The zero-order valence-corrected chi connectivity index (χ0v) is 12.9. The molecule has 0 saturated carbocycles. The number of aryl methyl sites for hydroxylation is 1. The normalized spacial score (nSPS) is 13.5. The maximum absolute atomic E-state index is 12.3. The van der Waals surface area contributed by atoms with Crippen LogP contribution in [0.25, 0.3) is 0 Å². The number of rotatable bonds is 5. The quantitative estimate of drug-likeness (QED) is 0.907. The number of carbonyl (C=O) groups is 1. The molecule has 0 radical (unpaired) electrons. The Bertz CT molecular complexity index is 783. The molecule has 1 N–H and O–H groups in total. The largest absolute Gasteiger partial charge is 0.493 e. The van der Waals surface area contributed by atoms with Gasteiger partial charge in [0.05, 0.1) is 12.1 Å². The highest BCUT2D eigenvalue weighted by Gasteiger charge is 2.30. The molecular weight excluding hydrogens is 320 g/mol. The SMILES string of the molecule is Cc1cc(CN2Cc3c(ccnc3O)C2=O)cnc1OCC(F)F. The maximum atomic E-state index is 12.3. The van der Waals surface area contributed by atoms with Crippen LogP contribution in [0.4, 0.5) is 8.78 Å². The number of fused-ring (bicyclic) bond motifs is 1. The van der Waals surface area contributed by atoms with E-state index in [1.54, 1.807) is 24.0 Å². The molecule has 0 unspecified atom stereocenters. The van der Waals surface area contributed by atoms with E-state index in [-0.39, 0.29) is 30.8 Å². The first kappa shape index (κ1) is 16.1. The molecule has 3 heterocycles. The van der Waals surface area contributed by atoms with E-state index in [0.717, 1.165) is 5.56 Å². The summed E-state index contributed by atoms with van der Waals surface area (Å²) in [5.41, 5.74) is 2.29. The molecule has 24 heavy (non-hydrogen) atoms. The number of carbonyl (C=O) groups excluding carboxylic acids is 1. The second-order valence-corrected chi connectivity index (χ2v) is 5.49. The van der Waals surface area contributed by atoms with E-state index in [1.165, 1.54) is 12.4 Å². The molecule has 126 valence electrons. The molecule has 1 aliphatic heterocycles. The summed E-state index contributed by atoms with van der Waals surface area (Å²) in [7, 11) is 0. The number of halogens is 2. The molecule has 0 fully saturated rings. The van der Waals surface area contributed by atoms with Gasteiger partial charge in [0.25, 0.3) is 12.3 Å². The summed E-state index contributed by atoms with van der Waals surface area (Å²) in [6.45, 7) is 1.54. The third kappa shape index (κ3) is 3.12. The lowest BCUT2D eigenvalue weighted by molar-refractivity contribution is 0.0762. The van der Waals surface area contributed by atoms with Crippen LogP contribution in [-0.2, 0) is 13.1 Å². The van der Waals surface area contributed by atoms with Gasteiger partial charge in [-0.1, -0.05) is 0 Å². The van der Waals surface area contributed by atoms with Gasteiger partial charge in [-0.3, -0.25) is 4.79 Å². The number of hydrogen-bond acceptors (Lipinski definition) is 5. The highest BCUT2D eigenvalue weighted by atomic mass is 19.3. The first-order valence-corrected chi connectivity index (χ1v) is 7.28. The Morgan fingerprint density at radius 2 is 2.21 bits per heavy atom. The van der Waals surface area contributed by atoms with Crippen molar-refractivity contribution in [3.05, 3.63) is 46.8 Å². The van der Waals surface area contributed by atoms with E-state index >= 15 is 0 Å². The predicted octanol–water partition coefficient (Wildman–Crippen LogP) is 2.29. The number of nitrogens with zero attached hydrogens (tertiary/aromatic N) is 3. The van der Waals surface area contributed by atoms with E-state index in [9.17, 15) is 18.7 Å². The molecule has 0 spiro atoms. The van der Waals surface area contributed by atoms with E-state index in [4.69, 9.17) is 4.74 Å². The Balaban J connectivity index is 1.72. The van der Waals surface area contributed by atoms with Crippen molar-refractivity contribution in [2.75, 3.05) is 6.61 Å². The van der Waals surface area contributed by atoms with Crippen LogP contribution in [0, 0.1) is 6.92 Å². The zero-order valence-electron chi connectivity index (χ0n) is 12.9. The number of ether oxygens (including phenoxy) is 1. The number of aromatic hydroxyl groups is 1. The van der Waals surface area contributed by atoms with Gasteiger partial charge in [-0.05, 0) is 24.6 Å². The van der Waals surface area contributed by atoms with Gasteiger partial charge in [-0.15, -0.1) is 0 Å². The number of pyridine rings is 2.